The molecular weight excluding hydrogens is 1320 g/mol. The fourth-order valence-corrected chi connectivity index (χ4v) is 12.5. The summed E-state index contributed by atoms with van der Waals surface area (Å²) >= 11 is 0. The van der Waals surface area contributed by atoms with E-state index in [2.05, 4.69) is 47.9 Å². The first kappa shape index (κ1) is 78.3. The molecule has 6 saturated heterocycles. The van der Waals surface area contributed by atoms with Gasteiger partial charge >= 0.3 is 5.97 Å². The second-order valence-electron chi connectivity index (χ2n) is 25.2. The zero-order valence-corrected chi connectivity index (χ0v) is 54.2. The zero-order chi connectivity index (χ0) is 72.1. The normalized spacial score (nSPS) is 37.3. The highest BCUT2D eigenvalue weighted by Crippen LogP contribution is 2.33. The summed E-state index contributed by atoms with van der Waals surface area (Å²) in [5.74, 6) is -8.86. The number of aliphatic hydroxyl groups is 13. The molecular formula is C61H94N12O26. The molecule has 27 atom stereocenters. The van der Waals surface area contributed by atoms with E-state index >= 15 is 9.59 Å². The SMILES string of the molecule is CCCCCCC(=O)OC[C@H]1O[C@H](N2C(N)NC[C@H]2[C@H](O)[C@H]2NC(=O)[C@H]([C@@H](O)[C@@H]3CNC(N)N3)NC(=O)[C@@H](Cc3ccc(O[C@H]4O[C@H](CO)[C@@H](O[C@H]5O[C@H](CO)[C@@H](O)[C@H](O)[C@@H]5O)[C@H](O)[C@@H]4O)cc3)NC(=O)[C@H]([C@@H](C)c3ccccc3)NC(=O)CNC(=O)[C@H](CO)NC2=O)[C@@H](O)[C@@H](O)[C@@H]1O. The number of hydrogen-bond donors (Lipinski definition) is 24. The first-order valence-corrected chi connectivity index (χ1v) is 32.7. The number of rotatable bonds is 23. The molecule has 0 saturated carbocycles. The van der Waals surface area contributed by atoms with Gasteiger partial charge in [0.15, 0.2) is 6.29 Å². The number of unbranched alkanes of at least 4 members (excludes halogenated alkanes) is 3. The van der Waals surface area contributed by atoms with Crippen molar-refractivity contribution in [2.45, 2.75) is 217 Å². The largest absolute Gasteiger partial charge is 0.463 e. The van der Waals surface area contributed by atoms with Gasteiger partial charge in [-0.05, 0) is 29.7 Å². The Morgan fingerprint density at radius 2 is 1.23 bits per heavy atom. The van der Waals surface area contributed by atoms with Crippen LogP contribution in [0.2, 0.25) is 0 Å². The molecule has 38 heteroatoms. The highest BCUT2D eigenvalue weighted by molar-refractivity contribution is 5.98. The Labute approximate surface area is 567 Å². The van der Waals surface area contributed by atoms with Crippen molar-refractivity contribution >= 4 is 41.4 Å². The van der Waals surface area contributed by atoms with Gasteiger partial charge in [0, 0.05) is 31.8 Å². The molecule has 6 amide bonds. The predicted molar refractivity (Wildman–Crippen MR) is 335 cm³/mol. The van der Waals surface area contributed by atoms with Crippen LogP contribution in [-0.4, -0.2) is 318 Å². The van der Waals surface area contributed by atoms with Crippen LogP contribution in [0.3, 0.4) is 0 Å². The van der Waals surface area contributed by atoms with E-state index in [9.17, 15) is 90.4 Å². The van der Waals surface area contributed by atoms with Crippen molar-refractivity contribution in [3.63, 3.8) is 0 Å². The minimum absolute atomic E-state index is 0.0235. The maximum atomic E-state index is 15.2. The molecule has 38 nitrogen and oxygen atoms in total. The smallest absolute Gasteiger partial charge is 0.305 e. The van der Waals surface area contributed by atoms with Crippen LogP contribution >= 0.6 is 0 Å². The van der Waals surface area contributed by atoms with Crippen molar-refractivity contribution in [3.05, 3.63) is 65.7 Å². The number of ether oxygens (including phenoxy) is 6. The van der Waals surface area contributed by atoms with Gasteiger partial charge in [-0.1, -0.05) is 75.6 Å². The van der Waals surface area contributed by atoms with E-state index in [1.807, 2.05) is 6.92 Å². The van der Waals surface area contributed by atoms with Crippen molar-refractivity contribution in [1.29, 1.82) is 0 Å². The number of carbonyl (C=O) groups is 7. The molecule has 2 aromatic rings. The molecule has 0 bridgehead atoms. The second kappa shape index (κ2) is 36.0. The number of benzene rings is 2. The summed E-state index contributed by atoms with van der Waals surface area (Å²) in [6.07, 6.45) is -30.9. The molecule has 8 rings (SSSR count). The molecule has 26 N–H and O–H groups in total. The van der Waals surface area contributed by atoms with Crippen molar-refractivity contribution < 1.29 is 128 Å². The van der Waals surface area contributed by atoms with Gasteiger partial charge in [-0.25, -0.2) is 4.90 Å². The lowest BCUT2D eigenvalue weighted by Crippen LogP contribution is -2.70. The second-order valence-corrected chi connectivity index (χ2v) is 25.2. The number of hydrogen-bond acceptors (Lipinski definition) is 32. The fourth-order valence-electron chi connectivity index (χ4n) is 12.5. The maximum absolute atomic E-state index is 15.2. The number of amides is 6. The minimum atomic E-state index is -2.33. The Morgan fingerprint density at radius 3 is 1.89 bits per heavy atom. The summed E-state index contributed by atoms with van der Waals surface area (Å²) in [6.45, 7) is -1.38. The molecule has 6 aliphatic rings. The van der Waals surface area contributed by atoms with Gasteiger partial charge in [0.25, 0.3) is 0 Å². The van der Waals surface area contributed by atoms with E-state index in [0.29, 0.717) is 12.0 Å². The lowest BCUT2D eigenvalue weighted by molar-refractivity contribution is -0.352. The summed E-state index contributed by atoms with van der Waals surface area (Å²) in [5.41, 5.74) is 13.3. The van der Waals surface area contributed by atoms with Gasteiger partial charge in [0.1, 0.15) is 141 Å². The molecule has 0 radical (unpaired) electrons. The molecule has 2 aromatic carbocycles. The van der Waals surface area contributed by atoms with E-state index in [0.717, 1.165) is 24.2 Å². The van der Waals surface area contributed by atoms with Gasteiger partial charge in [0.05, 0.1) is 44.6 Å². The van der Waals surface area contributed by atoms with E-state index < -0.39 is 252 Å². The third-order valence-corrected chi connectivity index (χ3v) is 18.3. The summed E-state index contributed by atoms with van der Waals surface area (Å²) in [7, 11) is 0. The number of nitrogens with two attached hydrogens (primary N) is 2. The third-order valence-electron chi connectivity index (χ3n) is 18.3. The summed E-state index contributed by atoms with van der Waals surface area (Å²) in [6, 6.07) is 1.10. The standard InChI is InChI=1S/C61H94N12O26/c1-3-4-5-9-12-37(78)94-24-35-44(82)45(83)48(86)57(96-35)73-32(19-66-61(73)63)42(80)40-55(92)68-31(21-74)52(89)64-20-36(77)70-38(25(2)27-10-7-6-8-11-27)54(91)67-29(53(90)71-39(56(93)72-40)41(79)30-18-65-60(62)69-30)17-26-13-15-28(16-14-26)95-58-50(88)47(85)51(34(23-76)98-58)99-59-49(87)46(84)43(81)33(22-75)97-59/h6-8,10-11,13-16,25,29-35,38-51,57-61,65-66,69,74-76,79-88H,3-5,9,12,17-24,62-63H2,1-2H3,(H,64,89)(H,67,91)(H,68,92)(H,70,77)(H,71,90)(H,72,93)/t25-,29+,30-,31-,32-,33+,34+,35+,38-,39-,40+,41-,42-,43+,44+,45-,46-,47+,48-,49-,50-,51+,57-,58-,59+,60?,61?/m0/s1. The molecule has 2 unspecified atom stereocenters. The first-order chi connectivity index (χ1) is 47.2. The molecule has 0 aromatic heterocycles. The molecule has 6 heterocycles. The van der Waals surface area contributed by atoms with Crippen LogP contribution < -0.4 is 64.1 Å². The zero-order valence-electron chi connectivity index (χ0n) is 54.2. The average molecular weight is 1410 g/mol. The van der Waals surface area contributed by atoms with Crippen LogP contribution in [0.25, 0.3) is 0 Å². The number of nitrogens with one attached hydrogen (secondary N) is 9. The quantitative estimate of drug-likeness (QED) is 0.0363. The molecule has 6 fully saturated rings. The van der Waals surface area contributed by atoms with E-state index in [-0.39, 0.29) is 24.3 Å². The monoisotopic (exact) mass is 1410 g/mol. The van der Waals surface area contributed by atoms with E-state index in [4.69, 9.17) is 39.9 Å². The minimum Gasteiger partial charge on any atom is -0.463 e. The maximum Gasteiger partial charge on any atom is 0.305 e. The van der Waals surface area contributed by atoms with Crippen LogP contribution in [0.15, 0.2) is 54.6 Å². The highest BCUT2D eigenvalue weighted by atomic mass is 16.7. The van der Waals surface area contributed by atoms with Gasteiger partial charge in [-0.2, -0.15) is 0 Å². The molecule has 0 spiro atoms. The Hall–Kier alpha value is -6.39. The van der Waals surface area contributed by atoms with Gasteiger partial charge in [0.2, 0.25) is 41.7 Å². The first-order valence-electron chi connectivity index (χ1n) is 32.7. The van der Waals surface area contributed by atoms with Crippen LogP contribution in [0.1, 0.15) is 63.0 Å². The summed E-state index contributed by atoms with van der Waals surface area (Å²) < 4.78 is 34.1. The predicted octanol–water partition coefficient (Wildman–Crippen LogP) is -12.1. The van der Waals surface area contributed by atoms with Crippen molar-refractivity contribution in [2.75, 3.05) is 46.1 Å². The Kier molecular flexibility index (Phi) is 28.5. The van der Waals surface area contributed by atoms with Crippen molar-refractivity contribution in [1.82, 2.24) is 52.8 Å². The topological polar surface area (TPSA) is 601 Å². The Bertz CT molecular complexity index is 2990. The number of esters is 1. The van der Waals surface area contributed by atoms with Crippen LogP contribution in [0.4, 0.5) is 0 Å². The lowest BCUT2D eigenvalue weighted by Gasteiger charge is -2.47. The Balaban J connectivity index is 1.10. The van der Waals surface area contributed by atoms with Gasteiger partial charge in [-0.15, -0.1) is 0 Å². The average Bonchev–Trinajstić information content (AvgIpc) is 1.74. The fraction of sp³-hybridized carbons (Fsp3) is 0.689. The van der Waals surface area contributed by atoms with Crippen LogP contribution in [0.5, 0.6) is 5.75 Å². The molecule has 0 aliphatic carbocycles. The Morgan fingerprint density at radius 1 is 0.616 bits per heavy atom. The molecule has 6 aliphatic heterocycles. The molecule has 99 heavy (non-hydrogen) atoms. The summed E-state index contributed by atoms with van der Waals surface area (Å²) in [4.78, 5) is 102. The number of aliphatic hydroxyl groups excluding tert-OH is 13. The van der Waals surface area contributed by atoms with Gasteiger partial charge < -0.3 is 138 Å². The van der Waals surface area contributed by atoms with Crippen molar-refractivity contribution in [3.8, 4) is 5.75 Å². The lowest BCUT2D eigenvalue weighted by atomic mass is 9.92. The van der Waals surface area contributed by atoms with E-state index in [1.54, 1.807) is 37.3 Å². The van der Waals surface area contributed by atoms with Crippen molar-refractivity contribution in [2.24, 2.45) is 11.5 Å². The molecule has 554 valence electrons. The summed E-state index contributed by atoms with van der Waals surface area (Å²) in [5, 5.41) is 166. The number of carbonyl (C=O) groups excluding carboxylic acids is 7. The third kappa shape index (κ3) is 19.2. The van der Waals surface area contributed by atoms with Gasteiger partial charge in [-0.3, -0.25) is 49.5 Å². The van der Waals surface area contributed by atoms with Crippen LogP contribution in [-0.2, 0) is 63.7 Å². The van der Waals surface area contributed by atoms with E-state index in [1.165, 1.54) is 24.3 Å². The number of nitrogens with zero attached hydrogens (tertiary/aromatic N) is 1. The highest BCUT2D eigenvalue weighted by Gasteiger charge is 2.55. The van der Waals surface area contributed by atoms with Crippen LogP contribution in [0, 0.1) is 0 Å².